The molecule has 0 aliphatic carbocycles. The van der Waals surface area contributed by atoms with E-state index in [-0.39, 0.29) is 17.6 Å². The predicted molar refractivity (Wildman–Crippen MR) is 62.8 cm³/mol. The molecule has 16 heavy (non-hydrogen) atoms. The highest BCUT2D eigenvalue weighted by atomic mass is 16.4. The molecule has 0 fully saturated rings. The molecule has 3 heteroatoms. The number of aromatic hydroxyl groups is 1. The number of hydrogen-bond donors (Lipinski definition) is 2. The van der Waals surface area contributed by atoms with Crippen LogP contribution in [0, 0.1) is 0 Å². The normalized spacial score (nSPS) is 11.4. The van der Waals surface area contributed by atoms with Crippen LogP contribution in [0.1, 0.15) is 38.3 Å². The number of phenols is 1. The van der Waals surface area contributed by atoms with Gasteiger partial charge in [-0.25, -0.2) is 0 Å². The van der Waals surface area contributed by atoms with Gasteiger partial charge in [-0.05, 0) is 29.0 Å². The van der Waals surface area contributed by atoms with E-state index in [0.717, 1.165) is 11.1 Å². The Bertz CT molecular complexity index is 389. The van der Waals surface area contributed by atoms with Gasteiger partial charge >= 0.3 is 5.97 Å². The van der Waals surface area contributed by atoms with Crippen molar-refractivity contribution in [1.82, 2.24) is 0 Å². The SMILES string of the molecule is CC(C)(C)c1cc(CCC(=O)O)ccc1O. The van der Waals surface area contributed by atoms with E-state index < -0.39 is 5.97 Å². The maximum Gasteiger partial charge on any atom is 0.303 e. The maximum absolute atomic E-state index is 10.5. The second-order valence-electron chi connectivity index (χ2n) is 5.00. The predicted octanol–water partition coefficient (Wildman–Crippen LogP) is 2.71. The van der Waals surface area contributed by atoms with Crippen LogP contribution in [0.15, 0.2) is 18.2 Å². The van der Waals surface area contributed by atoms with Crippen molar-refractivity contribution in [2.45, 2.75) is 39.0 Å². The lowest BCUT2D eigenvalue weighted by Crippen LogP contribution is -2.12. The number of benzene rings is 1. The fraction of sp³-hybridized carbons (Fsp3) is 0.462. The third kappa shape index (κ3) is 3.26. The molecule has 0 amide bonds. The molecule has 88 valence electrons. The van der Waals surface area contributed by atoms with E-state index in [9.17, 15) is 9.90 Å². The van der Waals surface area contributed by atoms with Crippen LogP contribution >= 0.6 is 0 Å². The molecule has 1 rings (SSSR count). The van der Waals surface area contributed by atoms with Gasteiger partial charge in [0, 0.05) is 6.42 Å². The highest BCUT2D eigenvalue weighted by Crippen LogP contribution is 2.31. The molecule has 0 atom stereocenters. The molecule has 3 nitrogen and oxygen atoms in total. The minimum Gasteiger partial charge on any atom is -0.508 e. The monoisotopic (exact) mass is 222 g/mol. The molecule has 0 aliphatic heterocycles. The van der Waals surface area contributed by atoms with E-state index in [1.54, 1.807) is 12.1 Å². The quantitative estimate of drug-likeness (QED) is 0.826. The number of carboxylic acid groups (broad SMARTS) is 1. The van der Waals surface area contributed by atoms with Crippen molar-refractivity contribution in [3.63, 3.8) is 0 Å². The van der Waals surface area contributed by atoms with Crippen LogP contribution < -0.4 is 0 Å². The molecule has 0 aliphatic rings. The number of rotatable bonds is 3. The molecule has 0 saturated heterocycles. The topological polar surface area (TPSA) is 57.5 Å². The van der Waals surface area contributed by atoms with Crippen LogP contribution in [0.3, 0.4) is 0 Å². The molecule has 0 bridgehead atoms. The summed E-state index contributed by atoms with van der Waals surface area (Å²) in [5.41, 5.74) is 1.67. The van der Waals surface area contributed by atoms with Gasteiger partial charge in [0.25, 0.3) is 0 Å². The van der Waals surface area contributed by atoms with Crippen molar-refractivity contribution < 1.29 is 15.0 Å². The Balaban J connectivity index is 2.94. The highest BCUT2D eigenvalue weighted by Gasteiger charge is 2.18. The van der Waals surface area contributed by atoms with E-state index in [4.69, 9.17) is 5.11 Å². The second-order valence-corrected chi connectivity index (χ2v) is 5.00. The van der Waals surface area contributed by atoms with Gasteiger partial charge in [-0.15, -0.1) is 0 Å². The Hall–Kier alpha value is -1.51. The van der Waals surface area contributed by atoms with Crippen LogP contribution in [-0.4, -0.2) is 16.2 Å². The van der Waals surface area contributed by atoms with Crippen LogP contribution in [0.5, 0.6) is 5.75 Å². The number of carbonyl (C=O) groups is 1. The molecule has 0 unspecified atom stereocenters. The molecule has 0 heterocycles. The fourth-order valence-corrected chi connectivity index (χ4v) is 1.59. The summed E-state index contributed by atoms with van der Waals surface area (Å²) in [4.78, 5) is 10.5. The highest BCUT2D eigenvalue weighted by molar-refractivity contribution is 5.67. The Morgan fingerprint density at radius 3 is 2.44 bits per heavy atom. The fourth-order valence-electron chi connectivity index (χ4n) is 1.59. The molecule has 0 aromatic heterocycles. The van der Waals surface area contributed by atoms with E-state index >= 15 is 0 Å². The molecule has 0 saturated carbocycles. The van der Waals surface area contributed by atoms with Crippen molar-refractivity contribution in [3.8, 4) is 5.75 Å². The standard InChI is InChI=1S/C13H18O3/c1-13(2,3)10-8-9(4-6-11(10)14)5-7-12(15)16/h4,6,8,14H,5,7H2,1-3H3,(H,15,16). The molecule has 1 aromatic carbocycles. The molecule has 1 aromatic rings. The zero-order chi connectivity index (χ0) is 12.3. The van der Waals surface area contributed by atoms with Crippen LogP contribution in [0.25, 0.3) is 0 Å². The Kier molecular flexibility index (Phi) is 3.58. The molecule has 2 N–H and O–H groups in total. The zero-order valence-corrected chi connectivity index (χ0v) is 9.95. The van der Waals surface area contributed by atoms with Gasteiger partial charge in [0.1, 0.15) is 5.75 Å². The molecule has 0 spiro atoms. The van der Waals surface area contributed by atoms with E-state index in [2.05, 4.69) is 0 Å². The average Bonchev–Trinajstić information content (AvgIpc) is 2.14. The number of aliphatic carboxylic acids is 1. The lowest BCUT2D eigenvalue weighted by atomic mass is 9.85. The summed E-state index contributed by atoms with van der Waals surface area (Å²) in [5, 5.41) is 18.3. The Labute approximate surface area is 95.7 Å². The number of hydrogen-bond acceptors (Lipinski definition) is 2. The number of carboxylic acids is 1. The zero-order valence-electron chi connectivity index (χ0n) is 9.95. The smallest absolute Gasteiger partial charge is 0.303 e. The first-order chi connectivity index (χ1) is 7.30. The first-order valence-corrected chi connectivity index (χ1v) is 5.35. The third-order valence-electron chi connectivity index (χ3n) is 2.50. The summed E-state index contributed by atoms with van der Waals surface area (Å²) >= 11 is 0. The number of phenolic OH excluding ortho intramolecular Hbond substituents is 1. The van der Waals surface area contributed by atoms with Gasteiger partial charge in [-0.3, -0.25) is 4.79 Å². The van der Waals surface area contributed by atoms with E-state index in [1.165, 1.54) is 0 Å². The summed E-state index contributed by atoms with van der Waals surface area (Å²) in [6, 6.07) is 5.30. The van der Waals surface area contributed by atoms with Crippen molar-refractivity contribution in [3.05, 3.63) is 29.3 Å². The largest absolute Gasteiger partial charge is 0.508 e. The van der Waals surface area contributed by atoms with Crippen molar-refractivity contribution in [1.29, 1.82) is 0 Å². The van der Waals surface area contributed by atoms with Crippen LogP contribution in [0.2, 0.25) is 0 Å². The first kappa shape index (κ1) is 12.6. The maximum atomic E-state index is 10.5. The third-order valence-corrected chi connectivity index (χ3v) is 2.50. The Morgan fingerprint density at radius 1 is 1.31 bits per heavy atom. The summed E-state index contributed by atoms with van der Waals surface area (Å²) in [6.45, 7) is 6.05. The van der Waals surface area contributed by atoms with Gasteiger partial charge in [-0.1, -0.05) is 32.9 Å². The summed E-state index contributed by atoms with van der Waals surface area (Å²) in [7, 11) is 0. The van der Waals surface area contributed by atoms with Gasteiger partial charge in [-0.2, -0.15) is 0 Å². The van der Waals surface area contributed by atoms with Gasteiger partial charge in [0.05, 0.1) is 0 Å². The van der Waals surface area contributed by atoms with Crippen LogP contribution in [-0.2, 0) is 16.6 Å². The van der Waals surface area contributed by atoms with E-state index in [0.29, 0.717) is 6.42 Å². The van der Waals surface area contributed by atoms with Gasteiger partial charge in [0.2, 0.25) is 0 Å². The summed E-state index contributed by atoms with van der Waals surface area (Å²) in [5.74, 6) is -0.531. The number of aryl methyl sites for hydroxylation is 1. The van der Waals surface area contributed by atoms with Crippen molar-refractivity contribution in [2.24, 2.45) is 0 Å². The van der Waals surface area contributed by atoms with E-state index in [1.807, 2.05) is 26.8 Å². The second kappa shape index (κ2) is 4.56. The molecular weight excluding hydrogens is 204 g/mol. The van der Waals surface area contributed by atoms with Crippen molar-refractivity contribution in [2.75, 3.05) is 0 Å². The summed E-state index contributed by atoms with van der Waals surface area (Å²) in [6.07, 6.45) is 0.618. The average molecular weight is 222 g/mol. The first-order valence-electron chi connectivity index (χ1n) is 5.35. The lowest BCUT2D eigenvalue weighted by molar-refractivity contribution is -0.136. The minimum absolute atomic E-state index is 0.119. The minimum atomic E-state index is -0.801. The molecular formula is C13H18O3. The van der Waals surface area contributed by atoms with Gasteiger partial charge < -0.3 is 10.2 Å². The van der Waals surface area contributed by atoms with Crippen molar-refractivity contribution >= 4 is 5.97 Å². The Morgan fingerprint density at radius 2 is 1.94 bits per heavy atom. The van der Waals surface area contributed by atoms with Gasteiger partial charge in [0.15, 0.2) is 0 Å². The summed E-state index contributed by atoms with van der Waals surface area (Å²) < 4.78 is 0. The lowest BCUT2D eigenvalue weighted by Gasteiger charge is -2.21. The van der Waals surface area contributed by atoms with Crippen LogP contribution in [0.4, 0.5) is 0 Å². The molecule has 0 radical (unpaired) electrons.